The first-order valence-electron chi connectivity index (χ1n) is 5.89. The van der Waals surface area contributed by atoms with Gasteiger partial charge in [-0.1, -0.05) is 59.6 Å². The summed E-state index contributed by atoms with van der Waals surface area (Å²) in [5.41, 5.74) is 1.49. The topological polar surface area (TPSA) is 32.7 Å². The van der Waals surface area contributed by atoms with E-state index in [9.17, 15) is 4.79 Å². The zero-order chi connectivity index (χ0) is 14.2. The molecule has 1 heterocycles. The van der Waals surface area contributed by atoms with Crippen LogP contribution in [0.15, 0.2) is 65.0 Å². The van der Waals surface area contributed by atoms with Gasteiger partial charge in [-0.25, -0.2) is 8.67 Å². The second-order valence-corrected chi connectivity index (χ2v) is 7.61. The van der Waals surface area contributed by atoms with Gasteiger partial charge in [0.1, 0.15) is 0 Å². The highest BCUT2D eigenvalue weighted by Gasteiger charge is 2.57. The number of benzene rings is 2. The highest BCUT2D eigenvalue weighted by atomic mass is 35.5. The summed E-state index contributed by atoms with van der Waals surface area (Å²) in [6.07, 6.45) is 0. The number of alkyl halides is 2. The van der Waals surface area contributed by atoms with E-state index in [1.54, 1.807) is 0 Å². The van der Waals surface area contributed by atoms with Crippen LogP contribution in [-0.4, -0.2) is 9.57 Å². The van der Waals surface area contributed by atoms with Gasteiger partial charge in [0.25, 0.3) is 9.57 Å². The van der Waals surface area contributed by atoms with Gasteiger partial charge in [0.2, 0.25) is 0 Å². The predicted molar refractivity (Wildman–Crippen MR) is 84.3 cm³/mol. The standard InChI is InChI=1S/C14H10Cl2N2OS/c15-14(16)13(19)18(12-9-5-2-6-10-12)20(14)17-11-7-3-1-4-8-11/h1-10H. The van der Waals surface area contributed by atoms with Crippen molar-refractivity contribution >= 4 is 51.4 Å². The van der Waals surface area contributed by atoms with Crippen molar-refractivity contribution in [3.8, 4) is 0 Å². The first-order valence-corrected chi connectivity index (χ1v) is 7.79. The second-order valence-electron chi connectivity index (χ2n) is 4.14. The monoisotopic (exact) mass is 324 g/mol. The second kappa shape index (κ2) is 5.20. The SMILES string of the molecule is O=C1N(c2ccccc2)S(=Nc2ccccc2)C1(Cl)Cl. The number of hydrogen-bond acceptors (Lipinski definition) is 2. The van der Waals surface area contributed by atoms with E-state index in [-0.39, 0.29) is 5.91 Å². The molecule has 6 heteroatoms. The molecule has 1 amide bonds. The molecule has 3 nitrogen and oxygen atoms in total. The van der Waals surface area contributed by atoms with Gasteiger partial charge in [0, 0.05) is 0 Å². The van der Waals surface area contributed by atoms with E-state index in [0.29, 0.717) is 0 Å². The lowest BCUT2D eigenvalue weighted by Gasteiger charge is -2.42. The molecule has 1 fully saturated rings. The fourth-order valence-electron chi connectivity index (χ4n) is 1.82. The summed E-state index contributed by atoms with van der Waals surface area (Å²) in [5.74, 6) is -0.338. The number of anilines is 1. The maximum atomic E-state index is 12.1. The van der Waals surface area contributed by atoms with Crippen molar-refractivity contribution in [2.45, 2.75) is 3.67 Å². The Balaban J connectivity index is 2.03. The summed E-state index contributed by atoms with van der Waals surface area (Å²) < 4.78 is 4.55. The Hall–Kier alpha value is -1.36. The van der Waals surface area contributed by atoms with Gasteiger partial charge in [-0.15, -0.1) is 0 Å². The molecule has 1 aliphatic rings. The van der Waals surface area contributed by atoms with Gasteiger partial charge in [0.05, 0.1) is 22.3 Å². The van der Waals surface area contributed by atoms with Gasteiger partial charge < -0.3 is 0 Å². The summed E-state index contributed by atoms with van der Waals surface area (Å²) in [6, 6.07) is 18.6. The normalized spacial score (nSPS) is 20.8. The van der Waals surface area contributed by atoms with E-state index in [4.69, 9.17) is 23.2 Å². The Morgan fingerprint density at radius 2 is 1.50 bits per heavy atom. The maximum absolute atomic E-state index is 12.1. The summed E-state index contributed by atoms with van der Waals surface area (Å²) in [6.45, 7) is 0. The minimum absolute atomic E-state index is 0.338. The highest BCUT2D eigenvalue weighted by molar-refractivity contribution is 7.98. The molecule has 20 heavy (non-hydrogen) atoms. The molecule has 1 saturated heterocycles. The third kappa shape index (κ3) is 2.24. The molecule has 102 valence electrons. The Bertz CT molecular complexity index is 674. The van der Waals surface area contributed by atoms with Crippen LogP contribution in [0, 0.1) is 0 Å². The van der Waals surface area contributed by atoms with E-state index in [0.717, 1.165) is 11.4 Å². The molecular formula is C14H10Cl2N2OS. The Labute approximate surface area is 129 Å². The smallest absolute Gasteiger partial charge is 0.269 e. The lowest BCUT2D eigenvalue weighted by Crippen LogP contribution is -2.60. The molecule has 0 N–H and O–H groups in total. The minimum atomic E-state index is -1.48. The highest BCUT2D eigenvalue weighted by Crippen LogP contribution is 2.45. The molecule has 0 aliphatic carbocycles. The minimum Gasteiger partial charge on any atom is -0.269 e. The van der Waals surface area contributed by atoms with Crippen molar-refractivity contribution in [2.24, 2.45) is 4.36 Å². The van der Waals surface area contributed by atoms with Crippen LogP contribution in [-0.2, 0) is 15.7 Å². The lowest BCUT2D eigenvalue weighted by atomic mass is 10.3. The number of halogens is 2. The number of para-hydroxylation sites is 1. The zero-order valence-electron chi connectivity index (χ0n) is 10.2. The predicted octanol–water partition coefficient (Wildman–Crippen LogP) is 4.21. The van der Waals surface area contributed by atoms with Crippen LogP contribution >= 0.6 is 23.2 Å². The number of amides is 1. The first kappa shape index (κ1) is 13.6. The average molecular weight is 325 g/mol. The molecule has 0 bridgehead atoms. The molecule has 0 saturated carbocycles. The summed E-state index contributed by atoms with van der Waals surface area (Å²) in [7, 11) is -0.937. The van der Waals surface area contributed by atoms with Crippen molar-refractivity contribution in [1.29, 1.82) is 0 Å². The summed E-state index contributed by atoms with van der Waals surface area (Å²) in [4.78, 5) is 12.1. The zero-order valence-corrected chi connectivity index (χ0v) is 12.6. The van der Waals surface area contributed by atoms with Crippen molar-refractivity contribution in [3.63, 3.8) is 0 Å². The van der Waals surface area contributed by atoms with Crippen LogP contribution in [0.5, 0.6) is 0 Å². The molecule has 0 spiro atoms. The first-order chi connectivity index (χ1) is 9.60. The number of carbonyl (C=O) groups is 1. The molecular weight excluding hydrogens is 315 g/mol. The molecule has 3 rings (SSSR count). The van der Waals surface area contributed by atoms with Crippen LogP contribution < -0.4 is 4.31 Å². The third-order valence-electron chi connectivity index (χ3n) is 2.77. The van der Waals surface area contributed by atoms with Crippen LogP contribution in [0.1, 0.15) is 0 Å². The van der Waals surface area contributed by atoms with Gasteiger partial charge in [-0.2, -0.15) is 0 Å². The van der Waals surface area contributed by atoms with Crippen molar-refractivity contribution < 1.29 is 4.79 Å². The Morgan fingerprint density at radius 1 is 0.950 bits per heavy atom. The van der Waals surface area contributed by atoms with E-state index in [1.165, 1.54) is 4.31 Å². The largest absolute Gasteiger partial charge is 0.287 e. The number of carbonyl (C=O) groups excluding carboxylic acids is 1. The number of rotatable bonds is 2. The third-order valence-corrected chi connectivity index (χ3v) is 5.67. The van der Waals surface area contributed by atoms with Crippen LogP contribution in [0.3, 0.4) is 0 Å². The number of nitrogens with zero attached hydrogens (tertiary/aromatic N) is 2. The van der Waals surface area contributed by atoms with E-state index < -0.39 is 14.5 Å². The molecule has 0 aromatic heterocycles. The van der Waals surface area contributed by atoms with Gasteiger partial charge in [-0.3, -0.25) is 4.79 Å². The van der Waals surface area contributed by atoms with Crippen molar-refractivity contribution in [3.05, 3.63) is 60.7 Å². The fraction of sp³-hybridized carbons (Fsp3) is 0.0714. The molecule has 1 atom stereocenters. The van der Waals surface area contributed by atoms with Crippen LogP contribution in [0.2, 0.25) is 0 Å². The van der Waals surface area contributed by atoms with E-state index >= 15 is 0 Å². The fourth-order valence-corrected chi connectivity index (χ4v) is 4.19. The van der Waals surface area contributed by atoms with Gasteiger partial charge in [0.15, 0.2) is 0 Å². The molecule has 2 aromatic carbocycles. The number of hydrogen-bond donors (Lipinski definition) is 0. The van der Waals surface area contributed by atoms with Crippen molar-refractivity contribution in [1.82, 2.24) is 0 Å². The van der Waals surface area contributed by atoms with Crippen molar-refractivity contribution in [2.75, 3.05) is 4.31 Å². The van der Waals surface area contributed by atoms with E-state index in [1.807, 2.05) is 60.7 Å². The molecule has 0 radical (unpaired) electrons. The molecule has 1 aliphatic heterocycles. The maximum Gasteiger partial charge on any atom is 0.287 e. The molecule has 2 aromatic rings. The van der Waals surface area contributed by atoms with Gasteiger partial charge in [-0.05, 0) is 24.3 Å². The Kier molecular flexibility index (Phi) is 3.54. The summed E-state index contributed by atoms with van der Waals surface area (Å²) in [5, 5.41) is 0. The quantitative estimate of drug-likeness (QED) is 0.761. The molecule has 1 unspecified atom stereocenters. The average Bonchev–Trinajstić information content (AvgIpc) is 2.49. The van der Waals surface area contributed by atoms with Crippen LogP contribution in [0.4, 0.5) is 11.4 Å². The van der Waals surface area contributed by atoms with E-state index in [2.05, 4.69) is 4.36 Å². The van der Waals surface area contributed by atoms with Gasteiger partial charge >= 0.3 is 0 Å². The van der Waals surface area contributed by atoms with Crippen LogP contribution in [0.25, 0.3) is 0 Å². The Morgan fingerprint density at radius 3 is 2.10 bits per heavy atom. The summed E-state index contributed by atoms with van der Waals surface area (Å²) >= 11 is 12.2. The lowest BCUT2D eigenvalue weighted by molar-refractivity contribution is -0.117.